The normalized spacial score (nSPS) is 10.5. The second kappa shape index (κ2) is 7.00. The fourth-order valence-electron chi connectivity index (χ4n) is 2.12. The van der Waals surface area contributed by atoms with Gasteiger partial charge in [-0.15, -0.1) is 0 Å². The molecule has 3 aromatic rings. The lowest BCUT2D eigenvalue weighted by atomic mass is 10.2. The first kappa shape index (κ1) is 16.4. The third-order valence-electron chi connectivity index (χ3n) is 3.49. The summed E-state index contributed by atoms with van der Waals surface area (Å²) in [6.07, 6.45) is 3.20. The highest BCUT2D eigenvalue weighted by Crippen LogP contribution is 2.16. The Hall–Kier alpha value is -3.42. The molecule has 3 rings (SSSR count). The van der Waals surface area contributed by atoms with Gasteiger partial charge in [0.05, 0.1) is 6.20 Å². The van der Waals surface area contributed by atoms with Crippen LogP contribution in [0.5, 0.6) is 5.75 Å². The highest BCUT2D eigenvalue weighted by atomic mass is 16.5. The molecule has 1 N–H and O–H groups in total. The lowest BCUT2D eigenvalue weighted by molar-refractivity contribution is -0.130. The Morgan fingerprint density at radius 3 is 2.84 bits per heavy atom. The fourth-order valence-corrected chi connectivity index (χ4v) is 2.12. The number of nitrogens with zero attached hydrogens (tertiary/aromatic N) is 4. The molecular formula is C17H17N5O3. The Morgan fingerprint density at radius 1 is 1.20 bits per heavy atom. The predicted octanol–water partition coefficient (Wildman–Crippen LogP) is 1.45. The van der Waals surface area contributed by atoms with E-state index in [4.69, 9.17) is 4.74 Å². The van der Waals surface area contributed by atoms with Crippen LogP contribution in [0.4, 0.5) is 5.82 Å². The Labute approximate surface area is 144 Å². The average molecular weight is 339 g/mol. The second-order valence-electron chi connectivity index (χ2n) is 5.49. The number of benzene rings is 1. The number of ether oxygens (including phenoxy) is 1. The summed E-state index contributed by atoms with van der Waals surface area (Å²) in [7, 11) is 3.31. The SMILES string of the molecule is CN(C)C(=O)COc1cccc(C(=O)Nc2ccnc3ccnn23)c1. The van der Waals surface area contributed by atoms with Crippen molar-refractivity contribution in [3.63, 3.8) is 0 Å². The Balaban J connectivity index is 1.73. The van der Waals surface area contributed by atoms with E-state index in [0.717, 1.165) is 0 Å². The molecule has 0 fully saturated rings. The van der Waals surface area contributed by atoms with Gasteiger partial charge >= 0.3 is 0 Å². The van der Waals surface area contributed by atoms with Crippen molar-refractivity contribution in [2.24, 2.45) is 0 Å². The van der Waals surface area contributed by atoms with E-state index < -0.39 is 0 Å². The molecule has 0 bridgehead atoms. The number of hydrogen-bond donors (Lipinski definition) is 1. The van der Waals surface area contributed by atoms with Gasteiger partial charge < -0.3 is 15.0 Å². The van der Waals surface area contributed by atoms with Gasteiger partial charge in [0, 0.05) is 31.9 Å². The molecule has 8 heteroatoms. The van der Waals surface area contributed by atoms with E-state index in [1.807, 2.05) is 0 Å². The van der Waals surface area contributed by atoms with Crippen molar-refractivity contribution in [3.8, 4) is 5.75 Å². The van der Waals surface area contributed by atoms with Crippen molar-refractivity contribution in [2.45, 2.75) is 0 Å². The van der Waals surface area contributed by atoms with Gasteiger partial charge in [-0.1, -0.05) is 6.07 Å². The van der Waals surface area contributed by atoms with Gasteiger partial charge in [-0.2, -0.15) is 9.61 Å². The van der Waals surface area contributed by atoms with Crippen molar-refractivity contribution in [2.75, 3.05) is 26.0 Å². The number of carbonyl (C=O) groups is 2. The maximum atomic E-state index is 12.5. The number of nitrogens with one attached hydrogen (secondary N) is 1. The quantitative estimate of drug-likeness (QED) is 0.760. The molecular weight excluding hydrogens is 322 g/mol. The molecule has 0 atom stereocenters. The van der Waals surface area contributed by atoms with Crippen molar-refractivity contribution in [1.29, 1.82) is 0 Å². The zero-order valence-corrected chi connectivity index (χ0v) is 13.8. The molecule has 128 valence electrons. The first-order chi connectivity index (χ1) is 12.0. The van der Waals surface area contributed by atoms with Gasteiger partial charge in [-0.05, 0) is 24.3 Å². The summed E-state index contributed by atoms with van der Waals surface area (Å²) in [5, 5.41) is 6.91. The van der Waals surface area contributed by atoms with E-state index in [2.05, 4.69) is 15.4 Å². The summed E-state index contributed by atoms with van der Waals surface area (Å²) in [6.45, 7) is -0.0870. The molecule has 1 aromatic carbocycles. The average Bonchev–Trinajstić information content (AvgIpc) is 3.09. The molecule has 0 aliphatic rings. The van der Waals surface area contributed by atoms with Crippen molar-refractivity contribution in [3.05, 3.63) is 54.4 Å². The van der Waals surface area contributed by atoms with Crippen LogP contribution in [0.15, 0.2) is 48.8 Å². The van der Waals surface area contributed by atoms with E-state index in [0.29, 0.717) is 22.8 Å². The van der Waals surface area contributed by atoms with Crippen molar-refractivity contribution in [1.82, 2.24) is 19.5 Å². The summed E-state index contributed by atoms with van der Waals surface area (Å²) < 4.78 is 6.96. The molecule has 0 aliphatic heterocycles. The van der Waals surface area contributed by atoms with Gasteiger partial charge in [-0.3, -0.25) is 9.59 Å². The van der Waals surface area contributed by atoms with Gasteiger partial charge in [0.1, 0.15) is 11.6 Å². The van der Waals surface area contributed by atoms with Crippen LogP contribution in [0, 0.1) is 0 Å². The number of rotatable bonds is 5. The van der Waals surface area contributed by atoms with E-state index in [9.17, 15) is 9.59 Å². The highest BCUT2D eigenvalue weighted by Gasteiger charge is 2.11. The lowest BCUT2D eigenvalue weighted by Crippen LogP contribution is -2.27. The zero-order valence-electron chi connectivity index (χ0n) is 13.8. The minimum absolute atomic E-state index is 0.0870. The molecule has 0 aliphatic carbocycles. The van der Waals surface area contributed by atoms with E-state index >= 15 is 0 Å². The summed E-state index contributed by atoms with van der Waals surface area (Å²) in [6, 6.07) is 10.0. The van der Waals surface area contributed by atoms with Crippen LogP contribution < -0.4 is 10.1 Å². The second-order valence-corrected chi connectivity index (χ2v) is 5.49. The number of carbonyl (C=O) groups excluding carboxylic acids is 2. The molecule has 0 saturated carbocycles. The van der Waals surface area contributed by atoms with Crippen LogP contribution >= 0.6 is 0 Å². The van der Waals surface area contributed by atoms with Gasteiger partial charge in [0.15, 0.2) is 12.3 Å². The summed E-state index contributed by atoms with van der Waals surface area (Å²) in [5.74, 6) is 0.482. The van der Waals surface area contributed by atoms with Crippen molar-refractivity contribution >= 4 is 23.3 Å². The Kier molecular flexibility index (Phi) is 4.60. The minimum Gasteiger partial charge on any atom is -0.484 e. The molecule has 8 nitrogen and oxygen atoms in total. The van der Waals surface area contributed by atoms with E-state index in [1.165, 1.54) is 9.42 Å². The van der Waals surface area contributed by atoms with Crippen LogP contribution in [0.1, 0.15) is 10.4 Å². The van der Waals surface area contributed by atoms with Crippen LogP contribution in [-0.4, -0.2) is 52.0 Å². The molecule has 0 spiro atoms. The van der Waals surface area contributed by atoms with Crippen LogP contribution in [0.3, 0.4) is 0 Å². The van der Waals surface area contributed by atoms with Crippen LogP contribution in [0.25, 0.3) is 5.65 Å². The first-order valence-electron chi connectivity index (χ1n) is 7.58. The van der Waals surface area contributed by atoms with Crippen LogP contribution in [0.2, 0.25) is 0 Å². The number of amides is 2. The number of fused-ring (bicyclic) bond motifs is 1. The fraction of sp³-hybridized carbons (Fsp3) is 0.176. The first-order valence-corrected chi connectivity index (χ1v) is 7.58. The molecule has 2 aromatic heterocycles. The van der Waals surface area contributed by atoms with Crippen molar-refractivity contribution < 1.29 is 14.3 Å². The summed E-state index contributed by atoms with van der Waals surface area (Å²) in [4.78, 5) is 29.6. The van der Waals surface area contributed by atoms with Crippen LogP contribution in [-0.2, 0) is 4.79 Å². The third-order valence-corrected chi connectivity index (χ3v) is 3.49. The van der Waals surface area contributed by atoms with Gasteiger partial charge in [0.25, 0.3) is 11.8 Å². The molecule has 2 heterocycles. The summed E-state index contributed by atoms with van der Waals surface area (Å²) >= 11 is 0. The monoisotopic (exact) mass is 339 g/mol. The lowest BCUT2D eigenvalue weighted by Gasteiger charge is -2.12. The molecule has 0 saturated heterocycles. The summed E-state index contributed by atoms with van der Waals surface area (Å²) in [5.41, 5.74) is 1.05. The number of aromatic nitrogens is 3. The molecule has 25 heavy (non-hydrogen) atoms. The molecule has 0 radical (unpaired) electrons. The van der Waals surface area contributed by atoms with Gasteiger partial charge in [-0.25, -0.2) is 4.98 Å². The number of hydrogen-bond acceptors (Lipinski definition) is 5. The topological polar surface area (TPSA) is 88.8 Å². The standard InChI is InChI=1S/C17H17N5O3/c1-21(2)16(23)11-25-13-5-3-4-12(10-13)17(24)20-15-6-8-18-14-7-9-19-22(14)15/h3-10H,11H2,1-2H3,(H,20,24). The third kappa shape index (κ3) is 3.74. The predicted molar refractivity (Wildman–Crippen MR) is 91.6 cm³/mol. The number of likely N-dealkylation sites (N-methyl/N-ethyl adjacent to an activating group) is 1. The maximum Gasteiger partial charge on any atom is 0.259 e. The van der Waals surface area contributed by atoms with E-state index in [-0.39, 0.29) is 18.4 Å². The zero-order chi connectivity index (χ0) is 17.8. The maximum absolute atomic E-state index is 12.5. The minimum atomic E-state index is -0.313. The molecule has 0 unspecified atom stereocenters. The van der Waals surface area contributed by atoms with E-state index in [1.54, 1.807) is 62.9 Å². The number of anilines is 1. The largest absolute Gasteiger partial charge is 0.484 e. The molecule has 2 amide bonds. The van der Waals surface area contributed by atoms with Gasteiger partial charge in [0.2, 0.25) is 0 Å². The smallest absolute Gasteiger partial charge is 0.259 e. The Morgan fingerprint density at radius 2 is 2.04 bits per heavy atom. The highest BCUT2D eigenvalue weighted by molar-refractivity contribution is 6.04. The Bertz CT molecular complexity index is 919.